The highest BCUT2D eigenvalue weighted by molar-refractivity contribution is 5.73. The Kier molecular flexibility index (Phi) is 4.05. The molecule has 2 N–H and O–H groups in total. The van der Waals surface area contributed by atoms with Gasteiger partial charge in [0.05, 0.1) is 0 Å². The largest absolute Gasteiger partial charge is 0.480 e. The first-order valence-corrected chi connectivity index (χ1v) is 6.68. The van der Waals surface area contributed by atoms with E-state index in [1.807, 2.05) is 7.05 Å². The molecule has 0 aromatic rings. The van der Waals surface area contributed by atoms with Crippen molar-refractivity contribution in [3.05, 3.63) is 0 Å². The maximum absolute atomic E-state index is 10.9. The van der Waals surface area contributed by atoms with Gasteiger partial charge in [-0.3, -0.25) is 4.79 Å². The number of likely N-dealkylation sites (N-methyl/N-ethyl adjacent to an activating group) is 2. The van der Waals surface area contributed by atoms with Gasteiger partial charge >= 0.3 is 5.97 Å². The van der Waals surface area contributed by atoms with Crippen LogP contribution in [0.5, 0.6) is 0 Å². The van der Waals surface area contributed by atoms with Gasteiger partial charge in [0.15, 0.2) is 0 Å². The molecule has 2 aliphatic carbocycles. The molecule has 0 aromatic carbocycles. The molecule has 4 nitrogen and oxygen atoms in total. The molecular formula is C13H24N2O2. The molecule has 0 amide bonds. The predicted octanol–water partition coefficient (Wildman–Crippen LogP) is 1.03. The molecule has 0 aliphatic heterocycles. The molecule has 2 bridgehead atoms. The number of nitrogens with one attached hydrogen (secondary N) is 1. The topological polar surface area (TPSA) is 52.6 Å². The third-order valence-electron chi connectivity index (χ3n) is 4.57. The molecule has 4 atom stereocenters. The van der Waals surface area contributed by atoms with Crippen molar-refractivity contribution < 1.29 is 9.90 Å². The molecule has 0 saturated heterocycles. The molecular weight excluding hydrogens is 216 g/mol. The van der Waals surface area contributed by atoms with E-state index >= 15 is 0 Å². The molecule has 2 rings (SSSR count). The lowest BCUT2D eigenvalue weighted by molar-refractivity contribution is -0.139. The first-order chi connectivity index (χ1) is 8.10. The zero-order valence-electron chi connectivity index (χ0n) is 10.9. The number of rotatable bonds is 6. The fraction of sp³-hybridized carbons (Fsp3) is 0.923. The van der Waals surface area contributed by atoms with Crippen molar-refractivity contribution in [2.24, 2.45) is 17.8 Å². The third-order valence-corrected chi connectivity index (χ3v) is 4.57. The van der Waals surface area contributed by atoms with E-state index in [1.165, 1.54) is 25.7 Å². The molecule has 2 fully saturated rings. The first kappa shape index (κ1) is 12.8. The lowest BCUT2D eigenvalue weighted by atomic mass is 9.88. The number of aliphatic carboxylic acids is 1. The highest BCUT2D eigenvalue weighted by Gasteiger charge is 2.39. The van der Waals surface area contributed by atoms with Gasteiger partial charge in [0.1, 0.15) is 6.04 Å². The second-order valence-electron chi connectivity index (χ2n) is 5.84. The Morgan fingerprint density at radius 1 is 1.47 bits per heavy atom. The monoisotopic (exact) mass is 240 g/mol. The number of carboxylic acids is 1. The quantitative estimate of drug-likeness (QED) is 0.728. The normalized spacial score (nSPS) is 33.2. The summed E-state index contributed by atoms with van der Waals surface area (Å²) in [6.07, 6.45) is 5.62. The van der Waals surface area contributed by atoms with Crippen LogP contribution in [0.4, 0.5) is 0 Å². The first-order valence-electron chi connectivity index (χ1n) is 6.68. The fourth-order valence-electron chi connectivity index (χ4n) is 3.68. The van der Waals surface area contributed by atoms with Gasteiger partial charge in [0, 0.05) is 13.1 Å². The lowest BCUT2D eigenvalue weighted by Gasteiger charge is -2.28. The number of hydrogen-bond donors (Lipinski definition) is 2. The van der Waals surface area contributed by atoms with Crippen molar-refractivity contribution in [3.8, 4) is 0 Å². The minimum Gasteiger partial charge on any atom is -0.480 e. The molecule has 98 valence electrons. The Morgan fingerprint density at radius 3 is 2.71 bits per heavy atom. The molecule has 17 heavy (non-hydrogen) atoms. The Labute approximate surface area is 103 Å². The molecule has 0 heterocycles. The Balaban J connectivity index is 1.77. The van der Waals surface area contributed by atoms with Crippen LogP contribution < -0.4 is 5.32 Å². The van der Waals surface area contributed by atoms with Gasteiger partial charge in [0.25, 0.3) is 0 Å². The summed E-state index contributed by atoms with van der Waals surface area (Å²) in [6, 6.07) is -0.446. The molecule has 2 aliphatic rings. The number of fused-ring (bicyclic) bond motifs is 2. The van der Waals surface area contributed by atoms with Crippen molar-refractivity contribution in [2.45, 2.75) is 31.7 Å². The van der Waals surface area contributed by atoms with Gasteiger partial charge in [-0.2, -0.15) is 0 Å². The second-order valence-corrected chi connectivity index (χ2v) is 5.84. The number of carbonyl (C=O) groups is 1. The SMILES string of the molecule is CNC(CN(C)CC1CC2CCC1C2)C(=O)O. The summed E-state index contributed by atoms with van der Waals surface area (Å²) < 4.78 is 0. The second kappa shape index (κ2) is 5.36. The summed E-state index contributed by atoms with van der Waals surface area (Å²) in [5, 5.41) is 11.8. The summed E-state index contributed by atoms with van der Waals surface area (Å²) in [6.45, 7) is 1.66. The van der Waals surface area contributed by atoms with Gasteiger partial charge in [-0.05, 0) is 51.1 Å². The lowest BCUT2D eigenvalue weighted by Crippen LogP contribution is -2.44. The summed E-state index contributed by atoms with van der Waals surface area (Å²) in [5.74, 6) is 1.94. The van der Waals surface area contributed by atoms with Crippen LogP contribution in [0.3, 0.4) is 0 Å². The van der Waals surface area contributed by atoms with E-state index in [0.29, 0.717) is 6.54 Å². The average molecular weight is 240 g/mol. The zero-order valence-corrected chi connectivity index (χ0v) is 10.9. The maximum atomic E-state index is 10.9. The van der Waals surface area contributed by atoms with E-state index in [9.17, 15) is 4.79 Å². The van der Waals surface area contributed by atoms with Crippen LogP contribution in [-0.4, -0.2) is 49.2 Å². The molecule has 0 aromatic heterocycles. The van der Waals surface area contributed by atoms with E-state index < -0.39 is 12.0 Å². The van der Waals surface area contributed by atoms with Crippen LogP contribution in [0.1, 0.15) is 25.7 Å². The zero-order chi connectivity index (χ0) is 12.4. The molecule has 0 spiro atoms. The summed E-state index contributed by atoms with van der Waals surface area (Å²) in [5.41, 5.74) is 0. The van der Waals surface area contributed by atoms with Gasteiger partial charge < -0.3 is 15.3 Å². The van der Waals surface area contributed by atoms with Crippen LogP contribution in [-0.2, 0) is 4.79 Å². The van der Waals surface area contributed by atoms with E-state index in [2.05, 4.69) is 10.2 Å². The van der Waals surface area contributed by atoms with Crippen molar-refractivity contribution >= 4 is 5.97 Å². The molecule has 4 unspecified atom stereocenters. The maximum Gasteiger partial charge on any atom is 0.322 e. The number of hydrogen-bond acceptors (Lipinski definition) is 3. The standard InChI is InChI=1S/C13H24N2O2/c1-14-12(13(16)17)8-15(2)7-11-6-9-3-4-10(11)5-9/h9-12,14H,3-8H2,1-2H3,(H,16,17). The van der Waals surface area contributed by atoms with Crippen molar-refractivity contribution in [2.75, 3.05) is 27.2 Å². The molecule has 2 saturated carbocycles. The fourth-order valence-corrected chi connectivity index (χ4v) is 3.68. The van der Waals surface area contributed by atoms with Crippen molar-refractivity contribution in [1.82, 2.24) is 10.2 Å². The number of carboxylic acid groups (broad SMARTS) is 1. The Hall–Kier alpha value is -0.610. The average Bonchev–Trinajstić information content (AvgIpc) is 2.87. The molecule has 4 heteroatoms. The van der Waals surface area contributed by atoms with Crippen LogP contribution in [0.2, 0.25) is 0 Å². The highest BCUT2D eigenvalue weighted by atomic mass is 16.4. The van der Waals surface area contributed by atoms with Gasteiger partial charge in [-0.25, -0.2) is 0 Å². The Morgan fingerprint density at radius 2 is 2.24 bits per heavy atom. The smallest absolute Gasteiger partial charge is 0.322 e. The Bertz CT molecular complexity index is 283. The third kappa shape index (κ3) is 2.99. The van der Waals surface area contributed by atoms with Crippen molar-refractivity contribution in [3.63, 3.8) is 0 Å². The van der Waals surface area contributed by atoms with Crippen LogP contribution in [0.25, 0.3) is 0 Å². The van der Waals surface area contributed by atoms with Crippen LogP contribution in [0.15, 0.2) is 0 Å². The van der Waals surface area contributed by atoms with Gasteiger partial charge in [0.2, 0.25) is 0 Å². The minimum absolute atomic E-state index is 0.446. The van der Waals surface area contributed by atoms with Crippen LogP contribution in [0, 0.1) is 17.8 Å². The molecule has 0 radical (unpaired) electrons. The van der Waals surface area contributed by atoms with Gasteiger partial charge in [-0.15, -0.1) is 0 Å². The minimum atomic E-state index is -0.757. The summed E-state index contributed by atoms with van der Waals surface area (Å²) >= 11 is 0. The highest BCUT2D eigenvalue weighted by Crippen LogP contribution is 2.48. The van der Waals surface area contributed by atoms with Crippen LogP contribution >= 0.6 is 0 Å². The van der Waals surface area contributed by atoms with E-state index in [4.69, 9.17) is 5.11 Å². The number of nitrogens with zero attached hydrogens (tertiary/aromatic N) is 1. The van der Waals surface area contributed by atoms with Crippen molar-refractivity contribution in [1.29, 1.82) is 0 Å². The van der Waals surface area contributed by atoms with E-state index in [0.717, 1.165) is 24.3 Å². The summed E-state index contributed by atoms with van der Waals surface area (Å²) in [7, 11) is 3.75. The van der Waals surface area contributed by atoms with E-state index in [1.54, 1.807) is 7.05 Å². The predicted molar refractivity (Wildman–Crippen MR) is 66.9 cm³/mol. The summed E-state index contributed by atoms with van der Waals surface area (Å²) in [4.78, 5) is 13.1. The van der Waals surface area contributed by atoms with Gasteiger partial charge in [-0.1, -0.05) is 6.42 Å². The van der Waals surface area contributed by atoms with E-state index in [-0.39, 0.29) is 0 Å².